The topological polar surface area (TPSA) is 55.6 Å². The lowest BCUT2D eigenvalue weighted by Crippen LogP contribution is -2.10. The summed E-state index contributed by atoms with van der Waals surface area (Å²) in [5.41, 5.74) is 5.19. The summed E-state index contributed by atoms with van der Waals surface area (Å²) in [6.45, 7) is 0.760. The molecule has 0 spiro atoms. The first-order chi connectivity index (χ1) is 16.9. The Morgan fingerprint density at radius 2 is 1.82 bits per heavy atom. The number of thiophene rings is 1. The molecular formula is C28H19N5S. The van der Waals surface area contributed by atoms with Crippen molar-refractivity contribution in [3.05, 3.63) is 103 Å². The summed E-state index contributed by atoms with van der Waals surface area (Å²) in [6.07, 6.45) is 9.70. The number of nitrogens with zero attached hydrogens (tertiary/aromatic N) is 4. The minimum absolute atomic E-state index is 0.713. The molecule has 34 heavy (non-hydrogen) atoms. The Morgan fingerprint density at radius 3 is 2.71 bits per heavy atom. The number of para-hydroxylation sites is 1. The van der Waals surface area contributed by atoms with Crippen LogP contribution in [0.5, 0.6) is 0 Å². The van der Waals surface area contributed by atoms with Gasteiger partial charge in [-0.15, -0.1) is 11.3 Å². The molecule has 0 aliphatic carbocycles. The fourth-order valence-electron chi connectivity index (χ4n) is 4.69. The molecule has 5 nitrogen and oxygen atoms in total. The zero-order valence-electron chi connectivity index (χ0n) is 18.1. The fourth-order valence-corrected chi connectivity index (χ4v) is 5.65. The number of aromatic nitrogens is 4. The molecule has 0 saturated carbocycles. The van der Waals surface area contributed by atoms with Crippen LogP contribution in [0.2, 0.25) is 0 Å². The van der Waals surface area contributed by atoms with E-state index in [1.54, 1.807) is 23.7 Å². The number of fused-ring (bicyclic) bond motifs is 5. The highest BCUT2D eigenvalue weighted by Gasteiger charge is 2.18. The third-order valence-corrected chi connectivity index (χ3v) is 7.20. The molecule has 0 bridgehead atoms. The standard InChI is InChI=1S/C28H19N5S/c1-2-4-23-21(3-1)26-24(6-5-19-11-16-34-27(19)26)33(23)25-17-22(18-7-12-29-13-8-18)31-28(32-25)20-9-14-30-15-10-20/h1-14,16-17,30H,15H2. The lowest BCUT2D eigenvalue weighted by Gasteiger charge is -2.13. The minimum Gasteiger partial charge on any atom is -0.387 e. The van der Waals surface area contributed by atoms with Crippen molar-refractivity contribution < 1.29 is 0 Å². The number of hydrogen-bond acceptors (Lipinski definition) is 5. The normalized spacial score (nSPS) is 13.5. The molecule has 4 aromatic heterocycles. The highest BCUT2D eigenvalue weighted by atomic mass is 32.1. The van der Waals surface area contributed by atoms with Crippen LogP contribution in [0, 0.1) is 0 Å². The highest BCUT2D eigenvalue weighted by molar-refractivity contribution is 7.18. The zero-order valence-corrected chi connectivity index (χ0v) is 19.0. The molecule has 1 aliphatic rings. The van der Waals surface area contributed by atoms with Crippen molar-refractivity contribution in [1.29, 1.82) is 0 Å². The van der Waals surface area contributed by atoms with Gasteiger partial charge in [0.1, 0.15) is 5.82 Å². The van der Waals surface area contributed by atoms with E-state index in [0.717, 1.165) is 40.2 Å². The second-order valence-corrected chi connectivity index (χ2v) is 9.14. The molecule has 0 fully saturated rings. The molecular weight excluding hydrogens is 438 g/mol. The van der Waals surface area contributed by atoms with Crippen molar-refractivity contribution in [3.8, 4) is 17.1 Å². The SMILES string of the molecule is C1=CC(c2nc(-c3ccncc3)cc(-n3c4ccccc4c4c5sccc5ccc43)n2)=CCN1. The number of nitrogens with one attached hydrogen (secondary N) is 1. The van der Waals surface area contributed by atoms with Gasteiger partial charge in [0.25, 0.3) is 0 Å². The number of benzene rings is 2. The Kier molecular flexibility index (Phi) is 4.32. The zero-order chi connectivity index (χ0) is 22.5. The van der Waals surface area contributed by atoms with Crippen molar-refractivity contribution in [2.45, 2.75) is 0 Å². The van der Waals surface area contributed by atoms with Crippen molar-refractivity contribution in [3.63, 3.8) is 0 Å². The molecule has 1 N–H and O–H groups in total. The summed E-state index contributed by atoms with van der Waals surface area (Å²) in [6, 6.07) is 21.2. The van der Waals surface area contributed by atoms with Gasteiger partial charge in [-0.1, -0.05) is 30.3 Å². The average molecular weight is 458 g/mol. The van der Waals surface area contributed by atoms with Crippen LogP contribution in [-0.2, 0) is 0 Å². The summed E-state index contributed by atoms with van der Waals surface area (Å²) in [5, 5.41) is 9.15. The van der Waals surface area contributed by atoms with Gasteiger partial charge in [-0.2, -0.15) is 0 Å². The summed E-state index contributed by atoms with van der Waals surface area (Å²) in [4.78, 5) is 14.2. The smallest absolute Gasteiger partial charge is 0.161 e. The Balaban J connectivity index is 1.58. The number of hydrogen-bond donors (Lipinski definition) is 1. The predicted molar refractivity (Wildman–Crippen MR) is 140 cm³/mol. The largest absolute Gasteiger partial charge is 0.387 e. The maximum absolute atomic E-state index is 5.09. The van der Waals surface area contributed by atoms with E-state index >= 15 is 0 Å². The van der Waals surface area contributed by atoms with Crippen LogP contribution in [0.25, 0.3) is 54.5 Å². The van der Waals surface area contributed by atoms with Crippen molar-refractivity contribution in [2.75, 3.05) is 6.54 Å². The number of dihydropyridines is 1. The lowest BCUT2D eigenvalue weighted by molar-refractivity contribution is 0.963. The molecule has 7 rings (SSSR count). The molecule has 0 amide bonds. The molecule has 6 heteroatoms. The molecule has 6 aromatic rings. The molecule has 0 saturated heterocycles. The number of pyridine rings is 1. The summed E-state index contributed by atoms with van der Waals surface area (Å²) >= 11 is 1.79. The lowest BCUT2D eigenvalue weighted by atomic mass is 10.1. The molecule has 2 aromatic carbocycles. The van der Waals surface area contributed by atoms with Crippen LogP contribution in [0.1, 0.15) is 5.82 Å². The third-order valence-electron chi connectivity index (χ3n) is 6.25. The first-order valence-electron chi connectivity index (χ1n) is 11.2. The van der Waals surface area contributed by atoms with Crippen molar-refractivity contribution in [2.24, 2.45) is 0 Å². The van der Waals surface area contributed by atoms with E-state index in [2.05, 4.69) is 74.9 Å². The average Bonchev–Trinajstić information content (AvgIpc) is 3.52. The molecule has 0 unspecified atom stereocenters. The van der Waals surface area contributed by atoms with Gasteiger partial charge < -0.3 is 5.32 Å². The summed E-state index contributed by atoms with van der Waals surface area (Å²) < 4.78 is 3.57. The van der Waals surface area contributed by atoms with Gasteiger partial charge in [-0.3, -0.25) is 9.55 Å². The van der Waals surface area contributed by atoms with Crippen molar-refractivity contribution in [1.82, 2.24) is 24.8 Å². The second kappa shape index (κ2) is 7.64. The van der Waals surface area contributed by atoms with Crippen molar-refractivity contribution >= 4 is 48.8 Å². The highest BCUT2D eigenvalue weighted by Crippen LogP contribution is 2.39. The van der Waals surface area contributed by atoms with Gasteiger partial charge in [0.05, 0.1) is 16.7 Å². The first-order valence-corrected chi connectivity index (χ1v) is 12.0. The van der Waals surface area contributed by atoms with Gasteiger partial charge in [-0.25, -0.2) is 9.97 Å². The molecule has 162 valence electrons. The van der Waals surface area contributed by atoms with E-state index in [4.69, 9.17) is 9.97 Å². The number of rotatable bonds is 3. The quantitative estimate of drug-likeness (QED) is 0.336. The van der Waals surface area contributed by atoms with Crippen LogP contribution < -0.4 is 5.32 Å². The van der Waals surface area contributed by atoms with Crippen LogP contribution in [0.15, 0.2) is 96.8 Å². The van der Waals surface area contributed by atoms with E-state index in [-0.39, 0.29) is 0 Å². The predicted octanol–water partition coefficient (Wildman–Crippen LogP) is 6.35. The van der Waals surface area contributed by atoms with Gasteiger partial charge in [-0.05, 0) is 53.4 Å². The number of allylic oxidation sites excluding steroid dienone is 2. The van der Waals surface area contributed by atoms with Gasteiger partial charge in [0.15, 0.2) is 5.82 Å². The van der Waals surface area contributed by atoms with Gasteiger partial charge >= 0.3 is 0 Å². The van der Waals surface area contributed by atoms with E-state index in [1.165, 1.54) is 20.9 Å². The molecule has 0 atom stereocenters. The van der Waals surface area contributed by atoms with E-state index < -0.39 is 0 Å². The fraction of sp³-hybridized carbons (Fsp3) is 0.0357. The van der Waals surface area contributed by atoms with Crippen LogP contribution in [0.3, 0.4) is 0 Å². The molecule has 0 radical (unpaired) electrons. The molecule has 1 aliphatic heterocycles. The van der Waals surface area contributed by atoms with Crippen LogP contribution >= 0.6 is 11.3 Å². The van der Waals surface area contributed by atoms with Crippen LogP contribution in [0.4, 0.5) is 0 Å². The first kappa shape index (κ1) is 19.2. The molecule has 5 heterocycles. The van der Waals surface area contributed by atoms with E-state index in [0.29, 0.717) is 5.82 Å². The Bertz CT molecular complexity index is 1760. The van der Waals surface area contributed by atoms with Crippen LogP contribution in [-0.4, -0.2) is 26.1 Å². The maximum Gasteiger partial charge on any atom is 0.161 e. The van der Waals surface area contributed by atoms with E-state index in [9.17, 15) is 0 Å². The Morgan fingerprint density at radius 1 is 0.912 bits per heavy atom. The Hall–Kier alpha value is -4.29. The van der Waals surface area contributed by atoms with Gasteiger partial charge in [0, 0.05) is 51.6 Å². The maximum atomic E-state index is 5.09. The monoisotopic (exact) mass is 457 g/mol. The van der Waals surface area contributed by atoms with Gasteiger partial charge in [0.2, 0.25) is 0 Å². The summed E-state index contributed by atoms with van der Waals surface area (Å²) in [7, 11) is 0. The Labute approximate surface area is 199 Å². The summed E-state index contributed by atoms with van der Waals surface area (Å²) in [5.74, 6) is 1.57. The van der Waals surface area contributed by atoms with E-state index in [1.807, 2.05) is 24.4 Å². The third kappa shape index (κ3) is 2.96. The minimum atomic E-state index is 0.713. The second-order valence-electron chi connectivity index (χ2n) is 8.22.